The summed E-state index contributed by atoms with van der Waals surface area (Å²) >= 11 is 0. The van der Waals surface area contributed by atoms with E-state index >= 15 is 0 Å². The van der Waals surface area contributed by atoms with Crippen molar-refractivity contribution < 1.29 is 28.8 Å². The van der Waals surface area contributed by atoms with E-state index in [1.807, 2.05) is 42.5 Å². The molecule has 2 N–H and O–H groups in total. The predicted octanol–water partition coefficient (Wildman–Crippen LogP) is 6.10. The van der Waals surface area contributed by atoms with Crippen LogP contribution in [0.25, 0.3) is 11.1 Å². The third kappa shape index (κ3) is 7.26. The molecule has 240 valence electrons. The van der Waals surface area contributed by atoms with E-state index in [9.17, 15) is 9.90 Å². The number of rotatable bonds is 10. The van der Waals surface area contributed by atoms with Gasteiger partial charge >= 0.3 is 0 Å². The molecule has 0 bridgehead atoms. The Morgan fingerprint density at radius 1 is 0.913 bits per heavy atom. The highest BCUT2D eigenvalue weighted by atomic mass is 16.7. The molecule has 2 aliphatic heterocycles. The monoisotopic (exact) mass is 622 g/mol. The minimum Gasteiger partial charge on any atom is -0.493 e. The molecule has 2 aliphatic rings. The highest BCUT2D eigenvalue weighted by molar-refractivity contribution is 5.74. The zero-order chi connectivity index (χ0) is 32.0. The quantitative estimate of drug-likeness (QED) is 0.221. The summed E-state index contributed by atoms with van der Waals surface area (Å²) in [6, 6.07) is 28.6. The molecule has 1 saturated heterocycles. The van der Waals surface area contributed by atoms with Gasteiger partial charge in [-0.1, -0.05) is 72.8 Å². The van der Waals surface area contributed by atoms with E-state index in [0.29, 0.717) is 6.54 Å². The summed E-state index contributed by atoms with van der Waals surface area (Å²) in [7, 11) is 3.35. The summed E-state index contributed by atoms with van der Waals surface area (Å²) in [6.45, 7) is 4.52. The van der Waals surface area contributed by atoms with Gasteiger partial charge in [-0.3, -0.25) is 9.69 Å². The van der Waals surface area contributed by atoms with Crippen molar-refractivity contribution in [2.75, 3.05) is 27.3 Å². The van der Waals surface area contributed by atoms with Crippen molar-refractivity contribution in [3.05, 3.63) is 118 Å². The average molecular weight is 623 g/mol. The van der Waals surface area contributed by atoms with Gasteiger partial charge in [0.1, 0.15) is 0 Å². The summed E-state index contributed by atoms with van der Waals surface area (Å²) in [5.74, 6) is 1.46. The van der Waals surface area contributed by atoms with Crippen LogP contribution in [0.2, 0.25) is 0 Å². The molecule has 8 nitrogen and oxygen atoms in total. The fraction of sp³-hybridized carbons (Fsp3) is 0.342. The van der Waals surface area contributed by atoms with Crippen LogP contribution >= 0.6 is 0 Å². The number of nitrogens with one attached hydrogen (secondary N) is 1. The van der Waals surface area contributed by atoms with Crippen molar-refractivity contribution in [3.8, 4) is 22.6 Å². The smallest absolute Gasteiger partial charge is 0.217 e. The molecule has 0 aliphatic carbocycles. The maximum atomic E-state index is 11.5. The molecule has 46 heavy (non-hydrogen) atoms. The first kappa shape index (κ1) is 31.8. The number of aliphatic hydroxyl groups is 1. The van der Waals surface area contributed by atoms with Gasteiger partial charge in [-0.05, 0) is 57.5 Å². The standard InChI is InChI=1S/C38H42N2O6/c1-25(42)39-21-31-6-4-5-7-34(31)27-12-14-29(15-13-27)38-45-33(20-35(46-38)28-10-8-26(24-41)9-11-28)23-40-17-16-30-18-36(43-2)37(44-3)19-32(30)22-40/h4-15,18-19,33,35,38,41H,16-17,20-24H2,1-3H3,(H,39,42)/t33-,35+,38+/m0/s1. The van der Waals surface area contributed by atoms with Crippen molar-refractivity contribution in [1.82, 2.24) is 10.2 Å². The van der Waals surface area contributed by atoms with Crippen molar-refractivity contribution in [3.63, 3.8) is 0 Å². The van der Waals surface area contributed by atoms with Gasteiger partial charge in [0.05, 0.1) is 33.0 Å². The molecular weight excluding hydrogens is 580 g/mol. The summed E-state index contributed by atoms with van der Waals surface area (Å²) in [5.41, 5.74) is 8.63. The van der Waals surface area contributed by atoms with Gasteiger partial charge in [0.25, 0.3) is 0 Å². The number of benzene rings is 4. The van der Waals surface area contributed by atoms with Gasteiger partial charge in [-0.15, -0.1) is 0 Å². The lowest BCUT2D eigenvalue weighted by Gasteiger charge is -2.39. The highest BCUT2D eigenvalue weighted by Gasteiger charge is 2.34. The van der Waals surface area contributed by atoms with Crippen LogP contribution in [0.1, 0.15) is 59.1 Å². The SMILES string of the molecule is COc1cc2c(cc1OC)CN(C[C@@H]1C[C@H](c3ccc(CO)cc3)O[C@H](c3ccc(-c4ccccc4CNC(C)=O)cc3)O1)CC2. The van der Waals surface area contributed by atoms with Crippen LogP contribution in [0, 0.1) is 0 Å². The molecule has 2 heterocycles. The number of carbonyl (C=O) groups excluding carboxylic acids is 1. The largest absolute Gasteiger partial charge is 0.493 e. The molecule has 6 rings (SSSR count). The Balaban J connectivity index is 1.22. The van der Waals surface area contributed by atoms with Crippen molar-refractivity contribution >= 4 is 5.91 Å². The van der Waals surface area contributed by atoms with E-state index in [2.05, 4.69) is 52.7 Å². The van der Waals surface area contributed by atoms with E-state index < -0.39 is 6.29 Å². The molecule has 4 aromatic carbocycles. The fourth-order valence-corrected chi connectivity index (χ4v) is 6.41. The van der Waals surface area contributed by atoms with E-state index in [0.717, 1.165) is 77.4 Å². The topological polar surface area (TPSA) is 89.5 Å². The van der Waals surface area contributed by atoms with E-state index in [1.165, 1.54) is 18.1 Å². The molecule has 0 spiro atoms. The Bertz CT molecular complexity index is 1640. The van der Waals surface area contributed by atoms with Gasteiger partial charge in [-0.2, -0.15) is 0 Å². The van der Waals surface area contributed by atoms with Crippen LogP contribution in [0.3, 0.4) is 0 Å². The third-order valence-corrected chi connectivity index (χ3v) is 8.91. The number of hydrogen-bond acceptors (Lipinski definition) is 7. The predicted molar refractivity (Wildman–Crippen MR) is 176 cm³/mol. The van der Waals surface area contributed by atoms with E-state index in [4.69, 9.17) is 18.9 Å². The van der Waals surface area contributed by atoms with Gasteiger partial charge < -0.3 is 29.4 Å². The minimum atomic E-state index is -0.536. The summed E-state index contributed by atoms with van der Waals surface area (Å²) in [4.78, 5) is 14.0. The number of hydrogen-bond donors (Lipinski definition) is 2. The lowest BCUT2D eigenvalue weighted by molar-refractivity contribution is -0.253. The Morgan fingerprint density at radius 2 is 1.61 bits per heavy atom. The lowest BCUT2D eigenvalue weighted by atomic mass is 9.96. The Kier molecular flexibility index (Phi) is 10.00. The first-order chi connectivity index (χ1) is 22.4. The molecule has 8 heteroatoms. The lowest BCUT2D eigenvalue weighted by Crippen LogP contribution is -2.41. The summed E-state index contributed by atoms with van der Waals surface area (Å²) in [6.07, 6.45) is 0.904. The molecule has 0 unspecified atom stereocenters. The van der Waals surface area contributed by atoms with Crippen molar-refractivity contribution in [2.45, 2.75) is 58.0 Å². The van der Waals surface area contributed by atoms with Crippen LogP contribution in [-0.2, 0) is 40.4 Å². The molecular formula is C38H42N2O6. The fourth-order valence-electron chi connectivity index (χ4n) is 6.41. The number of methoxy groups -OCH3 is 2. The second kappa shape index (κ2) is 14.5. The van der Waals surface area contributed by atoms with Crippen LogP contribution in [0.5, 0.6) is 11.5 Å². The summed E-state index contributed by atoms with van der Waals surface area (Å²) < 4.78 is 24.4. The van der Waals surface area contributed by atoms with Gasteiger partial charge in [0.15, 0.2) is 17.8 Å². The number of ether oxygens (including phenoxy) is 4. The van der Waals surface area contributed by atoms with Gasteiger partial charge in [-0.25, -0.2) is 0 Å². The highest BCUT2D eigenvalue weighted by Crippen LogP contribution is 2.40. The van der Waals surface area contributed by atoms with Gasteiger partial charge in [0, 0.05) is 45.1 Å². The molecule has 3 atom stereocenters. The normalized spacial score (nSPS) is 19.7. The number of nitrogens with zero attached hydrogens (tertiary/aromatic N) is 1. The van der Waals surface area contributed by atoms with Crippen LogP contribution < -0.4 is 14.8 Å². The molecule has 0 radical (unpaired) electrons. The van der Waals surface area contributed by atoms with Crippen LogP contribution in [-0.4, -0.2) is 49.3 Å². The maximum absolute atomic E-state index is 11.5. The second-order valence-corrected chi connectivity index (χ2v) is 12.0. The van der Waals surface area contributed by atoms with Crippen molar-refractivity contribution in [2.24, 2.45) is 0 Å². The molecule has 4 aromatic rings. The Morgan fingerprint density at radius 3 is 2.30 bits per heavy atom. The average Bonchev–Trinajstić information content (AvgIpc) is 3.10. The van der Waals surface area contributed by atoms with Crippen molar-refractivity contribution in [1.29, 1.82) is 0 Å². The van der Waals surface area contributed by atoms with Crippen LogP contribution in [0.15, 0.2) is 84.9 Å². The third-order valence-electron chi connectivity index (χ3n) is 8.91. The van der Waals surface area contributed by atoms with Crippen LogP contribution in [0.4, 0.5) is 0 Å². The zero-order valence-electron chi connectivity index (χ0n) is 26.7. The van der Waals surface area contributed by atoms with Gasteiger partial charge in [0.2, 0.25) is 5.91 Å². The number of carbonyl (C=O) groups is 1. The molecule has 1 fully saturated rings. The summed E-state index contributed by atoms with van der Waals surface area (Å²) in [5, 5.41) is 12.5. The first-order valence-corrected chi connectivity index (χ1v) is 15.8. The molecule has 0 saturated carbocycles. The molecule has 0 aromatic heterocycles. The maximum Gasteiger partial charge on any atom is 0.217 e. The number of aliphatic hydroxyl groups excluding tert-OH is 1. The van der Waals surface area contributed by atoms with E-state index in [1.54, 1.807) is 14.2 Å². The zero-order valence-corrected chi connectivity index (χ0v) is 26.7. The number of amides is 1. The first-order valence-electron chi connectivity index (χ1n) is 15.8. The van der Waals surface area contributed by atoms with E-state index in [-0.39, 0.29) is 24.7 Å². The number of fused-ring (bicyclic) bond motifs is 1. The Hall–Kier alpha value is -4.21. The molecule has 1 amide bonds. The Labute approximate surface area is 270 Å². The minimum absolute atomic E-state index is 0.00749. The second-order valence-electron chi connectivity index (χ2n) is 12.0.